The molecule has 114 valence electrons. The van der Waals surface area contributed by atoms with Gasteiger partial charge in [-0.25, -0.2) is 0 Å². The van der Waals surface area contributed by atoms with Crippen LogP contribution in [0.3, 0.4) is 0 Å². The number of aromatic nitrogens is 4. The lowest BCUT2D eigenvalue weighted by molar-refractivity contribution is 0.261. The summed E-state index contributed by atoms with van der Waals surface area (Å²) in [7, 11) is 2.16. The Hall–Kier alpha value is -1.89. The Morgan fingerprint density at radius 2 is 2.33 bits per heavy atom. The predicted molar refractivity (Wildman–Crippen MR) is 84.6 cm³/mol. The molecule has 3 rings (SSSR count). The number of nitrogens with one attached hydrogen (secondary N) is 3. The molecule has 7 nitrogen and oxygen atoms in total. The molecule has 7 heteroatoms. The van der Waals surface area contributed by atoms with Gasteiger partial charge >= 0.3 is 0 Å². The summed E-state index contributed by atoms with van der Waals surface area (Å²) in [5.74, 6) is 1.52. The van der Waals surface area contributed by atoms with E-state index in [9.17, 15) is 0 Å². The van der Waals surface area contributed by atoms with Crippen molar-refractivity contribution in [2.75, 3.05) is 37.3 Å². The largest absolute Gasteiger partial charge is 0.365 e. The molecular weight excluding hydrogens is 266 g/mol. The standard InChI is InChI=1S/C14H23N7/c1-3-6-15-14-18-12(11-8-16-20-13(11)19-14)17-10-5-4-7-21(2)9-10/h8,10H,3-7,9H2,1-2H3,(H3,15,16,17,18,19,20). The highest BCUT2D eigenvalue weighted by molar-refractivity contribution is 5.87. The van der Waals surface area contributed by atoms with E-state index in [4.69, 9.17) is 0 Å². The van der Waals surface area contributed by atoms with Gasteiger partial charge in [0.1, 0.15) is 5.82 Å². The number of piperidine rings is 1. The Morgan fingerprint density at radius 3 is 3.14 bits per heavy atom. The molecule has 0 amide bonds. The van der Waals surface area contributed by atoms with Gasteiger partial charge in [-0.1, -0.05) is 6.92 Å². The van der Waals surface area contributed by atoms with Crippen LogP contribution in [0.15, 0.2) is 6.20 Å². The first kappa shape index (κ1) is 14.1. The first-order valence-corrected chi connectivity index (χ1v) is 7.66. The summed E-state index contributed by atoms with van der Waals surface area (Å²) >= 11 is 0. The Morgan fingerprint density at radius 1 is 1.43 bits per heavy atom. The van der Waals surface area contributed by atoms with Crippen LogP contribution in [0.5, 0.6) is 0 Å². The minimum absolute atomic E-state index is 0.427. The molecule has 1 aliphatic heterocycles. The fourth-order valence-electron chi connectivity index (χ4n) is 2.74. The van der Waals surface area contributed by atoms with Crippen molar-refractivity contribution in [3.8, 4) is 0 Å². The number of likely N-dealkylation sites (N-methyl/N-ethyl adjacent to an activating group) is 1. The van der Waals surface area contributed by atoms with E-state index in [1.165, 1.54) is 19.4 Å². The van der Waals surface area contributed by atoms with Crippen molar-refractivity contribution in [3.63, 3.8) is 0 Å². The Kier molecular flexibility index (Phi) is 4.19. The second-order valence-electron chi connectivity index (χ2n) is 5.70. The highest BCUT2D eigenvalue weighted by atomic mass is 15.2. The third kappa shape index (κ3) is 3.24. The zero-order chi connectivity index (χ0) is 14.7. The van der Waals surface area contributed by atoms with E-state index in [1.807, 2.05) is 0 Å². The maximum Gasteiger partial charge on any atom is 0.226 e. The fraction of sp³-hybridized carbons (Fsp3) is 0.643. The van der Waals surface area contributed by atoms with Crippen LogP contribution < -0.4 is 10.6 Å². The molecule has 0 bridgehead atoms. The quantitative estimate of drug-likeness (QED) is 0.777. The summed E-state index contributed by atoms with van der Waals surface area (Å²) in [6, 6.07) is 0.427. The molecule has 2 aromatic rings. The van der Waals surface area contributed by atoms with Crippen LogP contribution >= 0.6 is 0 Å². The smallest absolute Gasteiger partial charge is 0.226 e. The maximum atomic E-state index is 4.62. The van der Waals surface area contributed by atoms with Crippen molar-refractivity contribution in [3.05, 3.63) is 6.20 Å². The minimum Gasteiger partial charge on any atom is -0.365 e. The van der Waals surface area contributed by atoms with E-state index in [2.05, 4.69) is 49.7 Å². The molecule has 1 aliphatic rings. The van der Waals surface area contributed by atoms with Crippen LogP contribution in [-0.4, -0.2) is 57.8 Å². The first-order valence-electron chi connectivity index (χ1n) is 7.66. The molecule has 0 aliphatic carbocycles. The number of rotatable bonds is 5. The molecule has 21 heavy (non-hydrogen) atoms. The molecule has 1 atom stereocenters. The van der Waals surface area contributed by atoms with Gasteiger partial charge < -0.3 is 15.5 Å². The van der Waals surface area contributed by atoms with Crippen molar-refractivity contribution < 1.29 is 0 Å². The van der Waals surface area contributed by atoms with Gasteiger partial charge in [-0.05, 0) is 32.9 Å². The lowest BCUT2D eigenvalue weighted by Gasteiger charge is -2.30. The third-order valence-corrected chi connectivity index (χ3v) is 3.81. The lowest BCUT2D eigenvalue weighted by Crippen LogP contribution is -2.40. The molecule has 1 unspecified atom stereocenters. The van der Waals surface area contributed by atoms with Crippen LogP contribution in [0.4, 0.5) is 11.8 Å². The average molecular weight is 289 g/mol. The number of fused-ring (bicyclic) bond motifs is 1. The number of H-pyrrole nitrogens is 1. The molecule has 0 spiro atoms. The van der Waals surface area contributed by atoms with E-state index in [0.29, 0.717) is 12.0 Å². The summed E-state index contributed by atoms with van der Waals surface area (Å²) in [5.41, 5.74) is 0.773. The number of nitrogens with zero attached hydrogens (tertiary/aromatic N) is 4. The van der Waals surface area contributed by atoms with Gasteiger partial charge in [0.25, 0.3) is 0 Å². The number of likely N-dealkylation sites (tertiary alicyclic amines) is 1. The molecule has 1 saturated heterocycles. The van der Waals surface area contributed by atoms with E-state index < -0.39 is 0 Å². The molecule has 2 aromatic heterocycles. The number of hydrogen-bond acceptors (Lipinski definition) is 6. The summed E-state index contributed by atoms with van der Waals surface area (Å²) in [6.45, 7) is 5.21. The lowest BCUT2D eigenvalue weighted by atomic mass is 10.1. The van der Waals surface area contributed by atoms with Crippen molar-refractivity contribution in [1.29, 1.82) is 0 Å². The molecule has 0 aromatic carbocycles. The molecular formula is C14H23N7. The van der Waals surface area contributed by atoms with Crippen molar-refractivity contribution in [1.82, 2.24) is 25.1 Å². The van der Waals surface area contributed by atoms with Gasteiger partial charge in [-0.2, -0.15) is 15.1 Å². The second kappa shape index (κ2) is 6.26. The van der Waals surface area contributed by atoms with Crippen LogP contribution in [0.2, 0.25) is 0 Å². The second-order valence-corrected chi connectivity index (χ2v) is 5.70. The predicted octanol–water partition coefficient (Wildman–Crippen LogP) is 1.68. The van der Waals surface area contributed by atoms with Gasteiger partial charge in [0.05, 0.1) is 11.6 Å². The molecule has 3 N–H and O–H groups in total. The van der Waals surface area contributed by atoms with Crippen LogP contribution in [0.1, 0.15) is 26.2 Å². The maximum absolute atomic E-state index is 4.62. The topological polar surface area (TPSA) is 81.8 Å². The van der Waals surface area contributed by atoms with Gasteiger partial charge in [-0.15, -0.1) is 0 Å². The van der Waals surface area contributed by atoms with Gasteiger partial charge in [-0.3, -0.25) is 5.10 Å². The molecule has 1 fully saturated rings. The first-order chi connectivity index (χ1) is 10.3. The van der Waals surface area contributed by atoms with Gasteiger partial charge in [0, 0.05) is 19.1 Å². The van der Waals surface area contributed by atoms with Crippen LogP contribution in [0, 0.1) is 0 Å². The van der Waals surface area contributed by atoms with Crippen molar-refractivity contribution >= 4 is 22.8 Å². The van der Waals surface area contributed by atoms with E-state index >= 15 is 0 Å². The van der Waals surface area contributed by atoms with E-state index in [0.717, 1.165) is 36.4 Å². The van der Waals surface area contributed by atoms with E-state index in [-0.39, 0.29) is 0 Å². The fourth-order valence-corrected chi connectivity index (χ4v) is 2.74. The molecule has 0 radical (unpaired) electrons. The summed E-state index contributed by atoms with van der Waals surface area (Å²) in [4.78, 5) is 11.4. The van der Waals surface area contributed by atoms with E-state index in [1.54, 1.807) is 6.20 Å². The monoisotopic (exact) mass is 289 g/mol. The highest BCUT2D eigenvalue weighted by Gasteiger charge is 2.19. The van der Waals surface area contributed by atoms with Gasteiger partial charge in [0.2, 0.25) is 5.95 Å². The summed E-state index contributed by atoms with van der Waals surface area (Å²) in [6.07, 6.45) is 5.22. The SMILES string of the molecule is CCCNc1nc(NC2CCCN(C)C2)c2cn[nH]c2n1. The normalized spacial score (nSPS) is 19.8. The van der Waals surface area contributed by atoms with Crippen molar-refractivity contribution in [2.24, 2.45) is 0 Å². The Bertz CT molecular complexity index is 594. The van der Waals surface area contributed by atoms with Crippen LogP contribution in [0.25, 0.3) is 11.0 Å². The summed E-state index contributed by atoms with van der Waals surface area (Å²) in [5, 5.41) is 14.8. The Labute approximate surface area is 124 Å². The molecule has 3 heterocycles. The highest BCUT2D eigenvalue weighted by Crippen LogP contribution is 2.22. The number of aromatic amines is 1. The number of hydrogen-bond donors (Lipinski definition) is 3. The summed E-state index contributed by atoms with van der Waals surface area (Å²) < 4.78 is 0. The zero-order valence-electron chi connectivity index (χ0n) is 12.7. The van der Waals surface area contributed by atoms with Crippen LogP contribution in [-0.2, 0) is 0 Å². The van der Waals surface area contributed by atoms with Crippen molar-refractivity contribution in [2.45, 2.75) is 32.2 Å². The van der Waals surface area contributed by atoms with Gasteiger partial charge in [0.15, 0.2) is 5.65 Å². The zero-order valence-corrected chi connectivity index (χ0v) is 12.7. The number of anilines is 2. The molecule has 0 saturated carbocycles. The minimum atomic E-state index is 0.427. The average Bonchev–Trinajstić information content (AvgIpc) is 2.94. The third-order valence-electron chi connectivity index (χ3n) is 3.81. The Balaban J connectivity index is 1.83.